The Balaban J connectivity index is 1.58. The topological polar surface area (TPSA) is 46.5 Å². The van der Waals surface area contributed by atoms with Gasteiger partial charge in [0.2, 0.25) is 0 Å². The van der Waals surface area contributed by atoms with Gasteiger partial charge in [0, 0.05) is 6.42 Å². The molecule has 4 atom stereocenters. The Kier molecular flexibility index (Phi) is 9.96. The summed E-state index contributed by atoms with van der Waals surface area (Å²) in [6.07, 6.45) is 11.1. The molecule has 0 aromatic carbocycles. The third kappa shape index (κ3) is 6.80. The number of ether oxygens (including phenoxy) is 1. The van der Waals surface area contributed by atoms with Gasteiger partial charge < -0.3 is 9.84 Å². The average molecular weight is 375 g/mol. The van der Waals surface area contributed by atoms with E-state index in [1.165, 1.54) is 55.8 Å². The normalized spacial score (nSPS) is 28.5. The standard InChI is InChI=1S/C19H34O3S2/c1-2-3-11-23-13-9-15-16(18-8-7-17(15)22-18)10-14-24-12-5-4-6-19(20)21/h15-18H,2-14H2,1H3,(H,20,21). The molecule has 4 unspecified atom stereocenters. The lowest BCUT2D eigenvalue weighted by Gasteiger charge is -2.28. The lowest BCUT2D eigenvalue weighted by atomic mass is 9.76. The molecule has 3 nitrogen and oxygen atoms in total. The summed E-state index contributed by atoms with van der Waals surface area (Å²) in [5.41, 5.74) is 0. The summed E-state index contributed by atoms with van der Waals surface area (Å²) >= 11 is 4.13. The highest BCUT2D eigenvalue weighted by Gasteiger charge is 2.47. The fourth-order valence-corrected chi connectivity index (χ4v) is 6.23. The Morgan fingerprint density at radius 3 is 2.08 bits per heavy atom. The number of rotatable bonds is 14. The van der Waals surface area contributed by atoms with Crippen molar-refractivity contribution >= 4 is 29.5 Å². The molecular weight excluding hydrogens is 340 g/mol. The first-order chi connectivity index (χ1) is 11.7. The fraction of sp³-hybridized carbons (Fsp3) is 0.947. The summed E-state index contributed by atoms with van der Waals surface area (Å²) in [6.45, 7) is 2.26. The monoisotopic (exact) mass is 374 g/mol. The van der Waals surface area contributed by atoms with Gasteiger partial charge in [0.05, 0.1) is 12.2 Å². The summed E-state index contributed by atoms with van der Waals surface area (Å²) < 4.78 is 6.21. The lowest BCUT2D eigenvalue weighted by Crippen LogP contribution is -2.28. The minimum Gasteiger partial charge on any atom is -0.481 e. The molecule has 0 aromatic heterocycles. The van der Waals surface area contributed by atoms with Gasteiger partial charge in [-0.25, -0.2) is 0 Å². The largest absolute Gasteiger partial charge is 0.481 e. The Hall–Kier alpha value is 0.130. The van der Waals surface area contributed by atoms with Gasteiger partial charge in [-0.1, -0.05) is 13.3 Å². The number of carboxylic acid groups (broad SMARTS) is 1. The molecule has 5 heteroatoms. The molecule has 1 N–H and O–H groups in total. The quantitative estimate of drug-likeness (QED) is 0.430. The van der Waals surface area contributed by atoms with E-state index in [9.17, 15) is 4.79 Å². The molecule has 0 aliphatic carbocycles. The number of aliphatic carboxylic acids is 1. The maximum absolute atomic E-state index is 10.5. The molecule has 2 saturated heterocycles. The van der Waals surface area contributed by atoms with Crippen molar-refractivity contribution in [2.75, 3.05) is 23.0 Å². The van der Waals surface area contributed by atoms with E-state index in [4.69, 9.17) is 9.84 Å². The molecule has 0 spiro atoms. The maximum Gasteiger partial charge on any atom is 0.303 e. The smallest absolute Gasteiger partial charge is 0.303 e. The minimum absolute atomic E-state index is 0.318. The maximum atomic E-state index is 10.5. The van der Waals surface area contributed by atoms with E-state index < -0.39 is 5.97 Å². The number of fused-ring (bicyclic) bond motifs is 2. The Morgan fingerprint density at radius 2 is 1.54 bits per heavy atom. The summed E-state index contributed by atoms with van der Waals surface area (Å²) in [5.74, 6) is 5.84. The predicted molar refractivity (Wildman–Crippen MR) is 105 cm³/mol. The molecule has 0 aromatic rings. The van der Waals surface area contributed by atoms with Gasteiger partial charge in [-0.05, 0) is 79.8 Å². The summed E-state index contributed by atoms with van der Waals surface area (Å²) in [4.78, 5) is 10.5. The van der Waals surface area contributed by atoms with E-state index in [-0.39, 0.29) is 0 Å². The van der Waals surface area contributed by atoms with Crippen LogP contribution >= 0.6 is 23.5 Å². The van der Waals surface area contributed by atoms with Gasteiger partial charge in [-0.2, -0.15) is 23.5 Å². The zero-order chi connectivity index (χ0) is 17.2. The second-order valence-corrected chi connectivity index (χ2v) is 9.57. The molecule has 24 heavy (non-hydrogen) atoms. The Labute approximate surface area is 156 Å². The van der Waals surface area contributed by atoms with Crippen molar-refractivity contribution in [2.24, 2.45) is 11.8 Å². The second kappa shape index (κ2) is 11.7. The molecule has 2 heterocycles. The predicted octanol–water partition coefficient (Wildman–Crippen LogP) is 5.08. The van der Waals surface area contributed by atoms with Crippen molar-refractivity contribution < 1.29 is 14.6 Å². The number of carboxylic acids is 1. The highest BCUT2D eigenvalue weighted by molar-refractivity contribution is 7.99. The number of thioether (sulfide) groups is 2. The van der Waals surface area contributed by atoms with Crippen LogP contribution in [0.15, 0.2) is 0 Å². The third-order valence-corrected chi connectivity index (χ3v) is 7.56. The van der Waals surface area contributed by atoms with Crippen molar-refractivity contribution in [3.63, 3.8) is 0 Å². The molecule has 140 valence electrons. The molecule has 2 aliphatic heterocycles. The van der Waals surface area contributed by atoms with E-state index in [0.717, 1.165) is 30.4 Å². The van der Waals surface area contributed by atoms with Crippen LogP contribution in [0.3, 0.4) is 0 Å². The van der Waals surface area contributed by atoms with E-state index >= 15 is 0 Å². The zero-order valence-corrected chi connectivity index (χ0v) is 16.7. The molecular formula is C19H34O3S2. The van der Waals surface area contributed by atoms with Gasteiger partial charge in [-0.3, -0.25) is 4.79 Å². The first kappa shape index (κ1) is 20.4. The van der Waals surface area contributed by atoms with E-state index in [1.807, 2.05) is 11.8 Å². The molecule has 0 amide bonds. The summed E-state index contributed by atoms with van der Waals surface area (Å²) in [6, 6.07) is 0. The Bertz CT molecular complexity index is 365. The van der Waals surface area contributed by atoms with Gasteiger partial charge in [-0.15, -0.1) is 0 Å². The van der Waals surface area contributed by atoms with Crippen molar-refractivity contribution in [2.45, 2.75) is 76.9 Å². The number of unbranched alkanes of at least 4 members (excludes halogenated alkanes) is 2. The number of hydrogen-bond donors (Lipinski definition) is 1. The van der Waals surface area contributed by atoms with E-state index in [2.05, 4.69) is 18.7 Å². The number of carbonyl (C=O) groups is 1. The van der Waals surface area contributed by atoms with Crippen LogP contribution in [-0.2, 0) is 9.53 Å². The van der Waals surface area contributed by atoms with Crippen LogP contribution in [-0.4, -0.2) is 46.3 Å². The average Bonchev–Trinajstić information content (AvgIpc) is 3.15. The highest BCUT2D eigenvalue weighted by Crippen LogP contribution is 2.47. The van der Waals surface area contributed by atoms with E-state index in [0.29, 0.717) is 18.6 Å². The number of hydrogen-bond acceptors (Lipinski definition) is 4. The molecule has 0 radical (unpaired) electrons. The van der Waals surface area contributed by atoms with Gasteiger partial charge >= 0.3 is 5.97 Å². The van der Waals surface area contributed by atoms with Crippen molar-refractivity contribution in [1.82, 2.24) is 0 Å². The van der Waals surface area contributed by atoms with Crippen LogP contribution in [0.2, 0.25) is 0 Å². The first-order valence-electron chi connectivity index (χ1n) is 9.75. The van der Waals surface area contributed by atoms with Crippen molar-refractivity contribution in [3.8, 4) is 0 Å². The van der Waals surface area contributed by atoms with Crippen LogP contribution in [0, 0.1) is 11.8 Å². The summed E-state index contributed by atoms with van der Waals surface area (Å²) in [5, 5.41) is 8.65. The van der Waals surface area contributed by atoms with Gasteiger partial charge in [0.15, 0.2) is 0 Å². The van der Waals surface area contributed by atoms with Crippen LogP contribution in [0.4, 0.5) is 0 Å². The molecule has 2 fully saturated rings. The lowest BCUT2D eigenvalue weighted by molar-refractivity contribution is -0.137. The van der Waals surface area contributed by atoms with Crippen LogP contribution in [0.25, 0.3) is 0 Å². The molecule has 0 saturated carbocycles. The van der Waals surface area contributed by atoms with E-state index in [1.54, 1.807) is 0 Å². The zero-order valence-electron chi connectivity index (χ0n) is 15.1. The third-order valence-electron chi connectivity index (χ3n) is 5.35. The van der Waals surface area contributed by atoms with Crippen molar-refractivity contribution in [1.29, 1.82) is 0 Å². The van der Waals surface area contributed by atoms with Crippen molar-refractivity contribution in [3.05, 3.63) is 0 Å². The van der Waals surface area contributed by atoms with Gasteiger partial charge in [0.1, 0.15) is 0 Å². The first-order valence-corrected chi connectivity index (χ1v) is 12.1. The van der Waals surface area contributed by atoms with Gasteiger partial charge in [0.25, 0.3) is 0 Å². The van der Waals surface area contributed by atoms with Crippen LogP contribution < -0.4 is 0 Å². The molecule has 2 bridgehead atoms. The van der Waals surface area contributed by atoms with Crippen LogP contribution in [0.1, 0.15) is 64.7 Å². The fourth-order valence-electron chi connectivity index (χ4n) is 4.04. The Morgan fingerprint density at radius 1 is 0.958 bits per heavy atom. The van der Waals surface area contributed by atoms with Crippen LogP contribution in [0.5, 0.6) is 0 Å². The second-order valence-electron chi connectivity index (χ2n) is 7.12. The molecule has 2 aliphatic rings. The molecule has 2 rings (SSSR count). The highest BCUT2D eigenvalue weighted by atomic mass is 32.2. The SMILES string of the molecule is CCCCSCCC1C2CCC(O2)C1CCSCCCCC(=O)O. The minimum atomic E-state index is -0.668. The summed E-state index contributed by atoms with van der Waals surface area (Å²) in [7, 11) is 0.